The molecular weight excluding hydrogens is 182 g/mol. The van der Waals surface area contributed by atoms with Gasteiger partial charge in [0.2, 0.25) is 0 Å². The molecule has 3 nitrogen and oxygen atoms in total. The first kappa shape index (κ1) is 8.19. The maximum absolute atomic E-state index is 5.62. The van der Waals surface area contributed by atoms with Gasteiger partial charge in [0.05, 0.1) is 15.6 Å². The van der Waals surface area contributed by atoms with Crippen LogP contribution in [0.3, 0.4) is 0 Å². The second kappa shape index (κ2) is 3.14. The van der Waals surface area contributed by atoms with Crippen molar-refractivity contribution in [2.75, 3.05) is 5.73 Å². The first-order chi connectivity index (χ1) is 6.25. The Hall–Kier alpha value is -1.42. The van der Waals surface area contributed by atoms with E-state index >= 15 is 0 Å². The van der Waals surface area contributed by atoms with Gasteiger partial charge in [0.1, 0.15) is 0 Å². The molecule has 0 aliphatic rings. The fourth-order valence-corrected chi connectivity index (χ4v) is 1.85. The molecule has 0 bridgehead atoms. The van der Waals surface area contributed by atoms with Gasteiger partial charge in [0.15, 0.2) is 0 Å². The molecule has 0 amide bonds. The van der Waals surface area contributed by atoms with Crippen molar-refractivity contribution in [1.29, 1.82) is 0 Å². The Morgan fingerprint density at radius 2 is 2.15 bits per heavy atom. The van der Waals surface area contributed by atoms with Crippen LogP contribution in [0.2, 0.25) is 0 Å². The van der Waals surface area contributed by atoms with Crippen molar-refractivity contribution in [3.8, 4) is 10.4 Å². The smallest absolute Gasteiger partial charge is 0.0900 e. The van der Waals surface area contributed by atoms with E-state index in [1.54, 1.807) is 23.7 Å². The largest absolute Gasteiger partial charge is 0.397 e. The lowest BCUT2D eigenvalue weighted by Crippen LogP contribution is -1.86. The van der Waals surface area contributed by atoms with Gasteiger partial charge in [-0.3, -0.25) is 4.98 Å². The average molecular weight is 191 g/mol. The number of nitrogens with two attached hydrogens (primary N) is 1. The molecular formula is C9H9N3S. The zero-order valence-electron chi connectivity index (χ0n) is 7.19. The Morgan fingerprint density at radius 3 is 2.77 bits per heavy atom. The van der Waals surface area contributed by atoms with E-state index in [1.165, 1.54) is 0 Å². The Labute approximate surface area is 80.3 Å². The van der Waals surface area contributed by atoms with Gasteiger partial charge in [-0.2, -0.15) is 0 Å². The number of anilines is 1. The first-order valence-corrected chi connectivity index (χ1v) is 4.70. The highest BCUT2D eigenvalue weighted by molar-refractivity contribution is 7.15. The van der Waals surface area contributed by atoms with Gasteiger partial charge in [-0.05, 0) is 13.0 Å². The molecule has 0 saturated heterocycles. The molecule has 0 atom stereocenters. The van der Waals surface area contributed by atoms with Gasteiger partial charge in [-0.1, -0.05) is 0 Å². The quantitative estimate of drug-likeness (QED) is 0.751. The summed E-state index contributed by atoms with van der Waals surface area (Å²) in [5.74, 6) is 0. The summed E-state index contributed by atoms with van der Waals surface area (Å²) in [6.07, 6.45) is 5.27. The van der Waals surface area contributed by atoms with Gasteiger partial charge in [-0.15, -0.1) is 11.3 Å². The van der Waals surface area contributed by atoms with Crippen molar-refractivity contribution in [3.63, 3.8) is 0 Å². The highest BCUT2D eigenvalue weighted by Gasteiger charge is 2.01. The lowest BCUT2D eigenvalue weighted by atomic mass is 10.2. The number of aromatic nitrogens is 2. The second-order valence-electron chi connectivity index (χ2n) is 2.75. The summed E-state index contributed by atoms with van der Waals surface area (Å²) in [5, 5.41) is 1.05. The number of thiazole rings is 1. The Balaban J connectivity index is 2.46. The highest BCUT2D eigenvalue weighted by atomic mass is 32.1. The molecule has 2 aromatic heterocycles. The lowest BCUT2D eigenvalue weighted by molar-refractivity contribution is 1.29. The van der Waals surface area contributed by atoms with Crippen LogP contribution >= 0.6 is 11.3 Å². The topological polar surface area (TPSA) is 51.8 Å². The van der Waals surface area contributed by atoms with Crippen LogP contribution in [0.4, 0.5) is 5.69 Å². The number of hydrogen-bond acceptors (Lipinski definition) is 4. The number of hydrogen-bond donors (Lipinski definition) is 1. The molecule has 2 rings (SSSR count). The Kier molecular flexibility index (Phi) is 1.98. The van der Waals surface area contributed by atoms with Crippen LogP contribution in [-0.2, 0) is 0 Å². The van der Waals surface area contributed by atoms with E-state index in [-0.39, 0.29) is 0 Å². The molecule has 2 heterocycles. The van der Waals surface area contributed by atoms with Crippen LogP contribution in [0.1, 0.15) is 5.01 Å². The third kappa shape index (κ3) is 1.67. The summed E-state index contributed by atoms with van der Waals surface area (Å²) in [7, 11) is 0. The number of pyridine rings is 1. The third-order valence-corrected chi connectivity index (χ3v) is 2.63. The van der Waals surface area contributed by atoms with Crippen LogP contribution < -0.4 is 5.73 Å². The minimum absolute atomic E-state index is 0.684. The van der Waals surface area contributed by atoms with E-state index in [4.69, 9.17) is 5.73 Å². The standard InChI is InChI=1S/C9H9N3S/c1-6-12-5-9(13-6)7-2-8(10)4-11-3-7/h2-5H,10H2,1H3. The fourth-order valence-electron chi connectivity index (χ4n) is 1.09. The molecule has 0 unspecified atom stereocenters. The zero-order valence-corrected chi connectivity index (χ0v) is 8.01. The SMILES string of the molecule is Cc1ncc(-c2cncc(N)c2)s1. The molecule has 66 valence electrons. The monoisotopic (exact) mass is 191 g/mol. The summed E-state index contributed by atoms with van der Waals surface area (Å²) in [5.41, 5.74) is 7.34. The van der Waals surface area contributed by atoms with Crippen molar-refractivity contribution in [2.45, 2.75) is 6.92 Å². The maximum Gasteiger partial charge on any atom is 0.0900 e. The highest BCUT2D eigenvalue weighted by Crippen LogP contribution is 2.25. The minimum atomic E-state index is 0.684. The predicted molar refractivity (Wildman–Crippen MR) is 54.5 cm³/mol. The lowest BCUT2D eigenvalue weighted by Gasteiger charge is -1.96. The van der Waals surface area contributed by atoms with Crippen molar-refractivity contribution in [3.05, 3.63) is 29.7 Å². The Morgan fingerprint density at radius 1 is 1.31 bits per heavy atom. The van der Waals surface area contributed by atoms with Gasteiger partial charge < -0.3 is 5.73 Å². The first-order valence-electron chi connectivity index (χ1n) is 3.89. The number of nitrogens with zero attached hydrogens (tertiary/aromatic N) is 2. The van der Waals surface area contributed by atoms with Crippen LogP contribution in [0.5, 0.6) is 0 Å². The van der Waals surface area contributed by atoms with Gasteiger partial charge in [0, 0.05) is 24.2 Å². The second-order valence-corrected chi connectivity index (χ2v) is 3.99. The molecule has 0 radical (unpaired) electrons. The predicted octanol–water partition coefficient (Wildman–Crippen LogP) is 2.10. The molecule has 13 heavy (non-hydrogen) atoms. The zero-order chi connectivity index (χ0) is 9.26. The average Bonchev–Trinajstić information content (AvgIpc) is 2.52. The molecule has 2 N–H and O–H groups in total. The summed E-state index contributed by atoms with van der Waals surface area (Å²) in [4.78, 5) is 9.30. The van der Waals surface area contributed by atoms with Crippen molar-refractivity contribution < 1.29 is 0 Å². The molecule has 0 fully saturated rings. The Bertz CT molecular complexity index is 422. The van der Waals surface area contributed by atoms with E-state index in [0.29, 0.717) is 5.69 Å². The van der Waals surface area contributed by atoms with E-state index in [9.17, 15) is 0 Å². The molecule has 0 aromatic carbocycles. The summed E-state index contributed by atoms with van der Waals surface area (Å²) >= 11 is 1.64. The van der Waals surface area contributed by atoms with E-state index < -0.39 is 0 Å². The molecule has 2 aromatic rings. The maximum atomic E-state index is 5.62. The van der Waals surface area contributed by atoms with Crippen LogP contribution in [-0.4, -0.2) is 9.97 Å². The molecule has 0 saturated carbocycles. The fraction of sp³-hybridized carbons (Fsp3) is 0.111. The van der Waals surface area contributed by atoms with E-state index in [1.807, 2.05) is 19.2 Å². The molecule has 0 spiro atoms. The number of aryl methyl sites for hydroxylation is 1. The number of rotatable bonds is 1. The van der Waals surface area contributed by atoms with Crippen molar-refractivity contribution >= 4 is 17.0 Å². The summed E-state index contributed by atoms with van der Waals surface area (Å²) in [6, 6.07) is 1.90. The van der Waals surface area contributed by atoms with Crippen LogP contribution in [0, 0.1) is 6.92 Å². The minimum Gasteiger partial charge on any atom is -0.397 e. The third-order valence-electron chi connectivity index (χ3n) is 1.67. The van der Waals surface area contributed by atoms with E-state index in [0.717, 1.165) is 15.4 Å². The van der Waals surface area contributed by atoms with Crippen molar-refractivity contribution in [1.82, 2.24) is 9.97 Å². The van der Waals surface area contributed by atoms with E-state index in [2.05, 4.69) is 9.97 Å². The molecule has 0 aliphatic carbocycles. The van der Waals surface area contributed by atoms with Crippen molar-refractivity contribution in [2.24, 2.45) is 0 Å². The summed E-state index contributed by atoms with van der Waals surface area (Å²) < 4.78 is 0. The van der Waals surface area contributed by atoms with Gasteiger partial charge in [-0.25, -0.2) is 4.98 Å². The summed E-state index contributed by atoms with van der Waals surface area (Å²) in [6.45, 7) is 1.98. The van der Waals surface area contributed by atoms with Gasteiger partial charge in [0.25, 0.3) is 0 Å². The molecule has 4 heteroatoms. The normalized spacial score (nSPS) is 10.2. The van der Waals surface area contributed by atoms with Crippen LogP contribution in [0.25, 0.3) is 10.4 Å². The molecule has 0 aliphatic heterocycles. The number of nitrogen functional groups attached to an aromatic ring is 1. The van der Waals surface area contributed by atoms with Gasteiger partial charge >= 0.3 is 0 Å². The van der Waals surface area contributed by atoms with Crippen LogP contribution in [0.15, 0.2) is 24.7 Å².